The highest BCUT2D eigenvalue weighted by Gasteiger charge is 2.31. The van der Waals surface area contributed by atoms with E-state index in [4.69, 9.17) is 9.51 Å². The molecule has 0 saturated heterocycles. The van der Waals surface area contributed by atoms with Crippen molar-refractivity contribution in [3.8, 4) is 0 Å². The van der Waals surface area contributed by atoms with E-state index in [1.807, 2.05) is 0 Å². The van der Waals surface area contributed by atoms with Crippen molar-refractivity contribution in [1.82, 2.24) is 15.5 Å². The van der Waals surface area contributed by atoms with Gasteiger partial charge in [-0.1, -0.05) is 50.6 Å². The first-order chi connectivity index (χ1) is 10.4. The SMILES string of the molecule is CCNC1CCCCC1c1nc(C2CCCCCC2)no1. The molecule has 2 unspecified atom stereocenters. The fourth-order valence-corrected chi connectivity index (χ4v) is 4.03. The second-order valence-electron chi connectivity index (χ2n) is 6.73. The third kappa shape index (κ3) is 3.65. The van der Waals surface area contributed by atoms with Crippen molar-refractivity contribution < 1.29 is 4.52 Å². The molecule has 1 heterocycles. The van der Waals surface area contributed by atoms with Crippen LogP contribution in [0.1, 0.15) is 94.7 Å². The van der Waals surface area contributed by atoms with Crippen LogP contribution in [0.25, 0.3) is 0 Å². The van der Waals surface area contributed by atoms with Gasteiger partial charge in [-0.3, -0.25) is 0 Å². The van der Waals surface area contributed by atoms with Crippen molar-refractivity contribution in [3.63, 3.8) is 0 Å². The van der Waals surface area contributed by atoms with Crippen LogP contribution >= 0.6 is 0 Å². The van der Waals surface area contributed by atoms with Crippen molar-refractivity contribution in [2.75, 3.05) is 6.54 Å². The van der Waals surface area contributed by atoms with Gasteiger partial charge >= 0.3 is 0 Å². The number of nitrogens with zero attached hydrogens (tertiary/aromatic N) is 2. The molecule has 1 aromatic rings. The van der Waals surface area contributed by atoms with E-state index >= 15 is 0 Å². The lowest BCUT2D eigenvalue weighted by molar-refractivity contribution is 0.263. The van der Waals surface area contributed by atoms with Crippen LogP contribution in [0.5, 0.6) is 0 Å². The predicted octanol–water partition coefficient (Wildman–Crippen LogP) is 4.14. The lowest BCUT2D eigenvalue weighted by Gasteiger charge is -2.29. The number of hydrogen-bond donors (Lipinski definition) is 1. The summed E-state index contributed by atoms with van der Waals surface area (Å²) >= 11 is 0. The lowest BCUT2D eigenvalue weighted by atomic mass is 9.84. The maximum Gasteiger partial charge on any atom is 0.231 e. The van der Waals surface area contributed by atoms with Gasteiger partial charge in [0.25, 0.3) is 0 Å². The third-order valence-corrected chi connectivity index (χ3v) is 5.23. The van der Waals surface area contributed by atoms with Gasteiger partial charge in [-0.2, -0.15) is 4.98 Å². The fraction of sp³-hybridized carbons (Fsp3) is 0.882. The smallest absolute Gasteiger partial charge is 0.231 e. The number of hydrogen-bond acceptors (Lipinski definition) is 4. The van der Waals surface area contributed by atoms with Gasteiger partial charge in [0, 0.05) is 12.0 Å². The second-order valence-corrected chi connectivity index (χ2v) is 6.73. The van der Waals surface area contributed by atoms with Crippen LogP contribution in [0.2, 0.25) is 0 Å². The van der Waals surface area contributed by atoms with Gasteiger partial charge in [0.15, 0.2) is 5.82 Å². The summed E-state index contributed by atoms with van der Waals surface area (Å²) in [4.78, 5) is 4.81. The Morgan fingerprint density at radius 3 is 2.48 bits per heavy atom. The molecule has 2 aliphatic carbocycles. The summed E-state index contributed by atoms with van der Waals surface area (Å²) < 4.78 is 5.67. The standard InChI is InChI=1S/C17H29N3O/c1-2-18-15-12-8-7-11-14(15)17-19-16(20-21-17)13-9-5-3-4-6-10-13/h13-15,18H,2-12H2,1H3. The Kier molecular flexibility index (Phi) is 5.28. The molecule has 0 aromatic carbocycles. The van der Waals surface area contributed by atoms with Crippen molar-refractivity contribution in [2.45, 2.75) is 89.0 Å². The zero-order valence-corrected chi connectivity index (χ0v) is 13.3. The summed E-state index contributed by atoms with van der Waals surface area (Å²) in [6, 6.07) is 0.520. The maximum atomic E-state index is 5.67. The molecule has 118 valence electrons. The highest BCUT2D eigenvalue weighted by atomic mass is 16.5. The number of likely N-dealkylation sites (N-methyl/N-ethyl adjacent to an activating group) is 1. The zero-order valence-electron chi connectivity index (χ0n) is 13.3. The van der Waals surface area contributed by atoms with Crippen molar-refractivity contribution in [3.05, 3.63) is 11.7 Å². The van der Waals surface area contributed by atoms with Gasteiger partial charge < -0.3 is 9.84 Å². The molecule has 0 spiro atoms. The molecule has 21 heavy (non-hydrogen) atoms. The third-order valence-electron chi connectivity index (χ3n) is 5.23. The van der Waals surface area contributed by atoms with Gasteiger partial charge in [-0.25, -0.2) is 0 Å². The summed E-state index contributed by atoms with van der Waals surface area (Å²) in [5.41, 5.74) is 0. The first-order valence-electron chi connectivity index (χ1n) is 8.95. The first-order valence-corrected chi connectivity index (χ1v) is 8.95. The topological polar surface area (TPSA) is 51.0 Å². The Hall–Kier alpha value is -0.900. The largest absolute Gasteiger partial charge is 0.339 e. The normalized spacial score (nSPS) is 28.4. The van der Waals surface area contributed by atoms with E-state index in [9.17, 15) is 0 Å². The monoisotopic (exact) mass is 291 g/mol. The Bertz CT molecular complexity index is 421. The van der Waals surface area contributed by atoms with E-state index in [0.717, 1.165) is 18.3 Å². The highest BCUT2D eigenvalue weighted by Crippen LogP contribution is 2.35. The van der Waals surface area contributed by atoms with E-state index in [0.29, 0.717) is 17.9 Å². The number of nitrogens with one attached hydrogen (secondary N) is 1. The molecular weight excluding hydrogens is 262 g/mol. The molecule has 1 N–H and O–H groups in total. The van der Waals surface area contributed by atoms with Crippen LogP contribution in [-0.4, -0.2) is 22.7 Å². The molecule has 0 amide bonds. The summed E-state index contributed by atoms with van der Waals surface area (Å²) in [5, 5.41) is 7.94. The molecule has 2 atom stereocenters. The number of aromatic nitrogens is 2. The Morgan fingerprint density at radius 1 is 1.00 bits per heavy atom. The molecular formula is C17H29N3O. The van der Waals surface area contributed by atoms with Crippen LogP contribution in [0.4, 0.5) is 0 Å². The fourth-order valence-electron chi connectivity index (χ4n) is 4.03. The van der Waals surface area contributed by atoms with Gasteiger partial charge in [-0.15, -0.1) is 0 Å². The Morgan fingerprint density at radius 2 is 1.71 bits per heavy atom. The molecule has 4 heteroatoms. The minimum Gasteiger partial charge on any atom is -0.339 e. The van der Waals surface area contributed by atoms with Crippen LogP contribution in [-0.2, 0) is 0 Å². The minimum absolute atomic E-state index is 0.422. The molecule has 2 saturated carbocycles. The van der Waals surface area contributed by atoms with Crippen molar-refractivity contribution >= 4 is 0 Å². The summed E-state index contributed by atoms with van der Waals surface area (Å²) in [5.74, 6) is 2.82. The summed E-state index contributed by atoms with van der Waals surface area (Å²) in [7, 11) is 0. The van der Waals surface area contributed by atoms with E-state index in [2.05, 4.69) is 17.4 Å². The van der Waals surface area contributed by atoms with Crippen LogP contribution in [0.3, 0.4) is 0 Å². The molecule has 4 nitrogen and oxygen atoms in total. The van der Waals surface area contributed by atoms with E-state index in [-0.39, 0.29) is 0 Å². The Labute approximate surface area is 128 Å². The van der Waals surface area contributed by atoms with Gasteiger partial charge in [0.1, 0.15) is 0 Å². The van der Waals surface area contributed by atoms with Crippen LogP contribution in [0.15, 0.2) is 4.52 Å². The van der Waals surface area contributed by atoms with E-state index < -0.39 is 0 Å². The molecule has 0 aliphatic heterocycles. The second kappa shape index (κ2) is 7.39. The Balaban J connectivity index is 1.70. The van der Waals surface area contributed by atoms with E-state index in [1.54, 1.807) is 0 Å². The summed E-state index contributed by atoms with van der Waals surface area (Å²) in [6.45, 7) is 3.20. The summed E-state index contributed by atoms with van der Waals surface area (Å²) in [6.07, 6.45) is 12.9. The van der Waals surface area contributed by atoms with Gasteiger partial charge in [0.05, 0.1) is 5.92 Å². The lowest BCUT2D eigenvalue weighted by Crippen LogP contribution is -2.37. The molecule has 3 rings (SSSR count). The molecule has 2 aliphatic rings. The van der Waals surface area contributed by atoms with Crippen molar-refractivity contribution in [2.24, 2.45) is 0 Å². The molecule has 1 aromatic heterocycles. The van der Waals surface area contributed by atoms with Crippen LogP contribution in [0, 0.1) is 0 Å². The molecule has 0 radical (unpaired) electrons. The van der Waals surface area contributed by atoms with Gasteiger partial charge in [0.2, 0.25) is 5.89 Å². The maximum absolute atomic E-state index is 5.67. The average Bonchev–Trinajstić information content (AvgIpc) is 2.84. The molecule has 0 bridgehead atoms. The van der Waals surface area contributed by atoms with Crippen molar-refractivity contribution in [1.29, 1.82) is 0 Å². The van der Waals surface area contributed by atoms with E-state index in [1.165, 1.54) is 64.2 Å². The molecule has 2 fully saturated rings. The van der Waals surface area contributed by atoms with Gasteiger partial charge in [-0.05, 0) is 32.2 Å². The zero-order chi connectivity index (χ0) is 14.5. The highest BCUT2D eigenvalue weighted by molar-refractivity contribution is 5.04. The number of rotatable bonds is 4. The minimum atomic E-state index is 0.422. The van der Waals surface area contributed by atoms with Crippen LogP contribution < -0.4 is 5.32 Å². The predicted molar refractivity (Wildman–Crippen MR) is 83.4 cm³/mol. The quantitative estimate of drug-likeness (QED) is 0.847. The average molecular weight is 291 g/mol. The first kappa shape index (κ1) is 15.0.